The van der Waals surface area contributed by atoms with Crippen molar-refractivity contribution in [3.05, 3.63) is 0 Å². The van der Waals surface area contributed by atoms with Gasteiger partial charge in [0.25, 0.3) is 0 Å². The van der Waals surface area contributed by atoms with E-state index in [1.54, 1.807) is 0 Å². The van der Waals surface area contributed by atoms with E-state index in [0.29, 0.717) is 0 Å². The van der Waals surface area contributed by atoms with E-state index in [9.17, 15) is 0 Å². The van der Waals surface area contributed by atoms with E-state index < -0.39 is 18.3 Å². The SMILES string of the molecule is O=[Si]([O-])[O-].O=[Si]([O-])[O-].[Ca+2].[Fe+2]. The van der Waals surface area contributed by atoms with Crippen LogP contribution in [0.25, 0.3) is 0 Å². The van der Waals surface area contributed by atoms with Crippen molar-refractivity contribution in [2.45, 2.75) is 0 Å². The molecule has 6 nitrogen and oxygen atoms in total. The molecule has 10 heavy (non-hydrogen) atoms. The van der Waals surface area contributed by atoms with E-state index >= 15 is 0 Å². The summed E-state index contributed by atoms with van der Waals surface area (Å²) in [5.41, 5.74) is 0. The molecule has 0 aromatic carbocycles. The molecule has 0 aliphatic rings. The normalized spacial score (nSPS) is 4.80. The molecule has 0 spiro atoms. The molecule has 0 fully saturated rings. The van der Waals surface area contributed by atoms with Gasteiger partial charge in [0.15, 0.2) is 0 Å². The Morgan fingerprint density at radius 1 is 0.800 bits per heavy atom. The van der Waals surface area contributed by atoms with Gasteiger partial charge >= 0.3 is 54.8 Å². The Morgan fingerprint density at radius 2 is 0.800 bits per heavy atom. The molecule has 0 saturated carbocycles. The van der Waals surface area contributed by atoms with Crippen LogP contribution in [0.2, 0.25) is 0 Å². The minimum atomic E-state index is -3.63. The van der Waals surface area contributed by atoms with Crippen LogP contribution in [0.3, 0.4) is 0 Å². The molecule has 0 rings (SSSR count). The first-order valence-electron chi connectivity index (χ1n) is 1.22. The summed E-state index contributed by atoms with van der Waals surface area (Å²) in [6.07, 6.45) is 0. The van der Waals surface area contributed by atoms with Gasteiger partial charge in [-0.2, -0.15) is 0 Å². The van der Waals surface area contributed by atoms with Gasteiger partial charge in [-0.05, 0) is 0 Å². The topological polar surface area (TPSA) is 126 Å². The minimum Gasteiger partial charge on any atom is -0.672 e. The van der Waals surface area contributed by atoms with Crippen molar-refractivity contribution in [2.24, 2.45) is 0 Å². The monoisotopic (exact) mass is 248 g/mol. The van der Waals surface area contributed by atoms with Gasteiger partial charge < -0.3 is 28.1 Å². The predicted molar refractivity (Wildman–Crippen MR) is 18.6 cm³/mol. The van der Waals surface area contributed by atoms with E-state index in [1.165, 1.54) is 0 Å². The van der Waals surface area contributed by atoms with Crippen LogP contribution in [0.15, 0.2) is 0 Å². The third-order valence-corrected chi connectivity index (χ3v) is 0. The maximum Gasteiger partial charge on any atom is 2.00 e. The molecule has 0 unspecified atom stereocenters. The van der Waals surface area contributed by atoms with Crippen molar-refractivity contribution >= 4 is 56.1 Å². The fraction of sp³-hybridized carbons (Fsp3) is 0. The van der Waals surface area contributed by atoms with Gasteiger partial charge in [0, 0.05) is 18.3 Å². The van der Waals surface area contributed by atoms with E-state index in [2.05, 4.69) is 0 Å². The van der Waals surface area contributed by atoms with Crippen LogP contribution in [-0.2, 0) is 26.0 Å². The Bertz CT molecular complexity index is 73.7. The van der Waals surface area contributed by atoms with E-state index in [0.717, 1.165) is 0 Å². The third-order valence-electron chi connectivity index (χ3n) is 0. The zero-order valence-corrected chi connectivity index (χ0v) is 9.82. The molecule has 0 bridgehead atoms. The first-order valence-corrected chi connectivity index (χ1v) is 3.67. The summed E-state index contributed by atoms with van der Waals surface area (Å²) < 4.78 is 17.0. The zero-order chi connectivity index (χ0) is 7.15. The molecule has 0 amide bonds. The Labute approximate surface area is 100 Å². The second kappa shape index (κ2) is 16.5. The first kappa shape index (κ1) is 22.5. The molecule has 0 aromatic heterocycles. The third kappa shape index (κ3) is 564. The van der Waals surface area contributed by atoms with Crippen LogP contribution in [0.5, 0.6) is 0 Å². The van der Waals surface area contributed by atoms with Crippen molar-refractivity contribution in [3.63, 3.8) is 0 Å². The largest absolute Gasteiger partial charge is 2.00 e. The zero-order valence-electron chi connectivity index (χ0n) is 4.51. The average molecular weight is 248 g/mol. The van der Waals surface area contributed by atoms with E-state index in [1.807, 2.05) is 0 Å². The molecular weight excluding hydrogens is 248 g/mol. The van der Waals surface area contributed by atoms with E-state index in [-0.39, 0.29) is 54.8 Å². The fourth-order valence-electron chi connectivity index (χ4n) is 0. The standard InChI is InChI=1S/Ca.Fe.2O3Si/c;;2*1-4(2)3/q2*+2;2*-2. The average Bonchev–Trinajstić information content (AvgIpc) is 1.25. The van der Waals surface area contributed by atoms with Crippen molar-refractivity contribution in [1.29, 1.82) is 0 Å². The Hall–Kier alpha value is 1.01. The molecule has 0 radical (unpaired) electrons. The van der Waals surface area contributed by atoms with Crippen LogP contribution in [0.1, 0.15) is 0 Å². The summed E-state index contributed by atoms with van der Waals surface area (Å²) in [5.74, 6) is 0. The quantitative estimate of drug-likeness (QED) is 0.392. The minimum absolute atomic E-state index is 0. The summed E-state index contributed by atoms with van der Waals surface area (Å²) in [7, 11) is -7.26. The molecular formula is CaFeO6Si2. The Balaban J connectivity index is -0.0000000300. The first-order chi connectivity index (χ1) is 3.46. The number of rotatable bonds is 0. The summed E-state index contributed by atoms with van der Waals surface area (Å²) in [5, 5.41) is 0. The summed E-state index contributed by atoms with van der Waals surface area (Å²) in [4.78, 5) is 34.1. The van der Waals surface area contributed by atoms with Gasteiger partial charge in [0.05, 0.1) is 0 Å². The fourth-order valence-corrected chi connectivity index (χ4v) is 0. The smallest absolute Gasteiger partial charge is 0.672 e. The molecule has 0 atom stereocenters. The van der Waals surface area contributed by atoms with Gasteiger partial charge in [-0.15, -0.1) is 0 Å². The van der Waals surface area contributed by atoms with Gasteiger partial charge in [-0.25, -0.2) is 0 Å². The summed E-state index contributed by atoms with van der Waals surface area (Å²) in [6, 6.07) is 0. The molecule has 0 aromatic rings. The molecule has 0 heterocycles. The number of hydrogen-bond donors (Lipinski definition) is 0. The van der Waals surface area contributed by atoms with Crippen LogP contribution >= 0.6 is 0 Å². The molecule has 0 aliphatic carbocycles. The van der Waals surface area contributed by atoms with Gasteiger partial charge in [-0.3, -0.25) is 0 Å². The second-order valence-electron chi connectivity index (χ2n) is 0.500. The molecule has 54 valence electrons. The molecule has 0 aliphatic heterocycles. The summed E-state index contributed by atoms with van der Waals surface area (Å²) in [6.45, 7) is 0. The van der Waals surface area contributed by atoms with Crippen LogP contribution in [0, 0.1) is 0 Å². The van der Waals surface area contributed by atoms with Crippen LogP contribution < -0.4 is 19.2 Å². The maximum atomic E-state index is 8.52. The molecule has 0 saturated heterocycles. The van der Waals surface area contributed by atoms with Gasteiger partial charge in [0.1, 0.15) is 0 Å². The maximum absolute atomic E-state index is 8.52. The van der Waals surface area contributed by atoms with Gasteiger partial charge in [-0.1, -0.05) is 0 Å². The van der Waals surface area contributed by atoms with Crippen LogP contribution in [0.4, 0.5) is 0 Å². The van der Waals surface area contributed by atoms with Crippen molar-refractivity contribution < 1.29 is 45.2 Å². The Kier molecular flexibility index (Phi) is 37.1. The van der Waals surface area contributed by atoms with E-state index in [4.69, 9.17) is 28.1 Å². The Morgan fingerprint density at radius 3 is 0.800 bits per heavy atom. The van der Waals surface area contributed by atoms with Gasteiger partial charge in [0.2, 0.25) is 0 Å². The molecule has 10 heteroatoms. The number of hydrogen-bond acceptors (Lipinski definition) is 6. The second-order valence-corrected chi connectivity index (χ2v) is 1.50. The molecule has 0 N–H and O–H groups in total. The summed E-state index contributed by atoms with van der Waals surface area (Å²) >= 11 is 0. The van der Waals surface area contributed by atoms with Crippen LogP contribution in [-0.4, -0.2) is 56.1 Å². The predicted octanol–water partition coefficient (Wildman–Crippen LogP) is -6.14. The van der Waals surface area contributed by atoms with Crippen molar-refractivity contribution in [2.75, 3.05) is 0 Å². The van der Waals surface area contributed by atoms with Crippen molar-refractivity contribution in [3.8, 4) is 0 Å². The van der Waals surface area contributed by atoms with Crippen molar-refractivity contribution in [1.82, 2.24) is 0 Å².